The SMILES string of the molecule is CCc1ccc2oc(Cc3ccco3)c(CC#N)c2c1. The first-order valence-corrected chi connectivity index (χ1v) is 6.74. The minimum Gasteiger partial charge on any atom is -0.469 e. The fourth-order valence-corrected chi connectivity index (χ4v) is 2.45. The number of benzene rings is 1. The molecule has 0 N–H and O–H groups in total. The molecule has 3 heteroatoms. The molecule has 1 aromatic carbocycles. The van der Waals surface area contributed by atoms with Gasteiger partial charge in [0.1, 0.15) is 17.1 Å². The lowest BCUT2D eigenvalue weighted by Crippen LogP contribution is -1.90. The van der Waals surface area contributed by atoms with Crippen molar-refractivity contribution in [3.8, 4) is 6.07 Å². The van der Waals surface area contributed by atoms with E-state index in [1.54, 1.807) is 6.26 Å². The Hall–Kier alpha value is -2.47. The van der Waals surface area contributed by atoms with Gasteiger partial charge >= 0.3 is 0 Å². The summed E-state index contributed by atoms with van der Waals surface area (Å²) in [7, 11) is 0. The number of rotatable bonds is 4. The molecule has 0 aliphatic carbocycles. The molecule has 2 aromatic heterocycles. The van der Waals surface area contributed by atoms with Crippen LogP contribution >= 0.6 is 0 Å². The molecule has 0 spiro atoms. The van der Waals surface area contributed by atoms with E-state index in [1.807, 2.05) is 18.2 Å². The van der Waals surface area contributed by atoms with Gasteiger partial charge in [0.05, 0.1) is 25.2 Å². The number of nitriles is 1. The summed E-state index contributed by atoms with van der Waals surface area (Å²) in [6.45, 7) is 2.12. The molecule has 0 aliphatic heterocycles. The zero-order valence-corrected chi connectivity index (χ0v) is 11.3. The number of hydrogen-bond acceptors (Lipinski definition) is 3. The van der Waals surface area contributed by atoms with Gasteiger partial charge in [-0.3, -0.25) is 0 Å². The Balaban J connectivity index is 2.11. The van der Waals surface area contributed by atoms with Gasteiger partial charge in [-0.15, -0.1) is 0 Å². The average Bonchev–Trinajstić information content (AvgIpc) is 3.08. The second-order valence-electron chi connectivity index (χ2n) is 4.78. The highest BCUT2D eigenvalue weighted by Gasteiger charge is 2.15. The molecule has 3 nitrogen and oxygen atoms in total. The van der Waals surface area contributed by atoms with E-state index >= 15 is 0 Å². The maximum absolute atomic E-state index is 9.06. The lowest BCUT2D eigenvalue weighted by Gasteiger charge is -1.98. The van der Waals surface area contributed by atoms with Crippen molar-refractivity contribution >= 4 is 11.0 Å². The maximum atomic E-state index is 9.06. The Morgan fingerprint density at radius 3 is 2.85 bits per heavy atom. The molecule has 0 fully saturated rings. The zero-order valence-electron chi connectivity index (χ0n) is 11.3. The number of nitrogens with zero attached hydrogens (tertiary/aromatic N) is 1. The molecule has 0 aliphatic rings. The van der Waals surface area contributed by atoms with Crippen LogP contribution in [0.1, 0.15) is 29.6 Å². The van der Waals surface area contributed by atoms with Gasteiger partial charge in [-0.05, 0) is 36.2 Å². The van der Waals surface area contributed by atoms with Crippen LogP contribution in [0.3, 0.4) is 0 Å². The van der Waals surface area contributed by atoms with Crippen molar-refractivity contribution in [1.29, 1.82) is 5.26 Å². The summed E-state index contributed by atoms with van der Waals surface area (Å²) in [5, 5.41) is 10.1. The van der Waals surface area contributed by atoms with Crippen LogP contribution in [0.25, 0.3) is 11.0 Å². The summed E-state index contributed by atoms with van der Waals surface area (Å²) in [6.07, 6.45) is 3.56. The number of furan rings is 2. The third-order valence-corrected chi connectivity index (χ3v) is 3.52. The Kier molecular flexibility index (Phi) is 3.30. The first-order valence-electron chi connectivity index (χ1n) is 6.74. The second-order valence-corrected chi connectivity index (χ2v) is 4.78. The molecular formula is C17H15NO2. The van der Waals surface area contributed by atoms with E-state index in [-0.39, 0.29) is 0 Å². The van der Waals surface area contributed by atoms with Crippen molar-refractivity contribution in [1.82, 2.24) is 0 Å². The van der Waals surface area contributed by atoms with Crippen molar-refractivity contribution < 1.29 is 8.83 Å². The Labute approximate surface area is 117 Å². The van der Waals surface area contributed by atoms with Crippen LogP contribution in [-0.4, -0.2) is 0 Å². The van der Waals surface area contributed by atoms with E-state index in [9.17, 15) is 0 Å². The van der Waals surface area contributed by atoms with Gasteiger partial charge in [-0.2, -0.15) is 5.26 Å². The molecule has 0 amide bonds. The molecular weight excluding hydrogens is 250 g/mol. The second kappa shape index (κ2) is 5.26. The van der Waals surface area contributed by atoms with Gasteiger partial charge in [0.25, 0.3) is 0 Å². The van der Waals surface area contributed by atoms with Gasteiger partial charge in [-0.1, -0.05) is 13.0 Å². The van der Waals surface area contributed by atoms with E-state index in [2.05, 4.69) is 25.1 Å². The molecule has 2 heterocycles. The van der Waals surface area contributed by atoms with Gasteiger partial charge in [-0.25, -0.2) is 0 Å². The predicted octanol–water partition coefficient (Wildman–Crippen LogP) is 4.25. The molecule has 0 saturated heterocycles. The lowest BCUT2D eigenvalue weighted by atomic mass is 10.0. The molecule has 0 unspecified atom stereocenters. The summed E-state index contributed by atoms with van der Waals surface area (Å²) in [5.41, 5.74) is 3.07. The van der Waals surface area contributed by atoms with Gasteiger partial charge in [0.15, 0.2) is 0 Å². The van der Waals surface area contributed by atoms with E-state index < -0.39 is 0 Å². The summed E-state index contributed by atoms with van der Waals surface area (Å²) in [6, 6.07) is 12.2. The highest BCUT2D eigenvalue weighted by Crippen LogP contribution is 2.29. The number of hydrogen-bond donors (Lipinski definition) is 0. The van der Waals surface area contributed by atoms with Crippen molar-refractivity contribution in [2.75, 3.05) is 0 Å². The van der Waals surface area contributed by atoms with Crippen LogP contribution in [0.2, 0.25) is 0 Å². The molecule has 0 bridgehead atoms. The third kappa shape index (κ3) is 2.21. The smallest absolute Gasteiger partial charge is 0.134 e. The summed E-state index contributed by atoms with van der Waals surface area (Å²) in [4.78, 5) is 0. The highest BCUT2D eigenvalue weighted by atomic mass is 16.3. The van der Waals surface area contributed by atoms with Crippen LogP contribution in [-0.2, 0) is 19.3 Å². The van der Waals surface area contributed by atoms with Crippen molar-refractivity contribution in [3.63, 3.8) is 0 Å². The standard InChI is InChI=1S/C17H15NO2/c1-2-12-5-6-16-15(10-12)14(7-8-18)17(20-16)11-13-4-3-9-19-13/h3-6,9-10H,2,7,11H2,1H3. The normalized spacial score (nSPS) is 10.8. The molecule has 3 rings (SSSR count). The topological polar surface area (TPSA) is 50.1 Å². The Morgan fingerprint density at radius 1 is 1.25 bits per heavy atom. The fourth-order valence-electron chi connectivity index (χ4n) is 2.45. The zero-order chi connectivity index (χ0) is 13.9. The summed E-state index contributed by atoms with van der Waals surface area (Å²) >= 11 is 0. The van der Waals surface area contributed by atoms with E-state index in [4.69, 9.17) is 14.1 Å². The highest BCUT2D eigenvalue weighted by molar-refractivity contribution is 5.83. The van der Waals surface area contributed by atoms with Crippen LogP contribution in [0.15, 0.2) is 45.4 Å². The monoisotopic (exact) mass is 265 g/mol. The molecule has 3 aromatic rings. The molecule has 100 valence electrons. The first-order chi connectivity index (χ1) is 9.81. The quantitative estimate of drug-likeness (QED) is 0.708. The Morgan fingerprint density at radius 2 is 2.15 bits per heavy atom. The molecule has 0 saturated carbocycles. The third-order valence-electron chi connectivity index (χ3n) is 3.52. The van der Waals surface area contributed by atoms with Gasteiger partial charge in [0, 0.05) is 10.9 Å². The summed E-state index contributed by atoms with van der Waals surface area (Å²) in [5.74, 6) is 1.67. The van der Waals surface area contributed by atoms with E-state index in [1.165, 1.54) is 5.56 Å². The number of fused-ring (bicyclic) bond motifs is 1. The predicted molar refractivity (Wildman–Crippen MR) is 76.4 cm³/mol. The van der Waals surface area contributed by atoms with Crippen molar-refractivity contribution in [2.24, 2.45) is 0 Å². The molecule has 0 atom stereocenters. The molecule has 20 heavy (non-hydrogen) atoms. The van der Waals surface area contributed by atoms with Crippen molar-refractivity contribution in [3.05, 3.63) is 59.2 Å². The van der Waals surface area contributed by atoms with E-state index in [0.29, 0.717) is 12.8 Å². The Bertz CT molecular complexity index is 760. The maximum Gasteiger partial charge on any atom is 0.134 e. The van der Waals surface area contributed by atoms with Crippen LogP contribution in [0.4, 0.5) is 0 Å². The largest absolute Gasteiger partial charge is 0.469 e. The lowest BCUT2D eigenvalue weighted by molar-refractivity contribution is 0.487. The minimum absolute atomic E-state index is 0.357. The minimum atomic E-state index is 0.357. The van der Waals surface area contributed by atoms with Gasteiger partial charge < -0.3 is 8.83 Å². The van der Waals surface area contributed by atoms with Crippen molar-refractivity contribution in [2.45, 2.75) is 26.2 Å². The molecule has 0 radical (unpaired) electrons. The fraction of sp³-hybridized carbons (Fsp3) is 0.235. The number of aryl methyl sites for hydroxylation is 1. The first kappa shape index (κ1) is 12.6. The van der Waals surface area contributed by atoms with Crippen LogP contribution < -0.4 is 0 Å². The van der Waals surface area contributed by atoms with Crippen LogP contribution in [0.5, 0.6) is 0 Å². The summed E-state index contributed by atoms with van der Waals surface area (Å²) < 4.78 is 11.3. The van der Waals surface area contributed by atoms with E-state index in [0.717, 1.165) is 34.5 Å². The van der Waals surface area contributed by atoms with Gasteiger partial charge in [0.2, 0.25) is 0 Å². The average molecular weight is 265 g/mol. The van der Waals surface area contributed by atoms with Crippen LogP contribution in [0, 0.1) is 11.3 Å².